The fourth-order valence-corrected chi connectivity index (χ4v) is 1.49. The zero-order valence-electron chi connectivity index (χ0n) is 11.4. The van der Waals surface area contributed by atoms with Crippen molar-refractivity contribution in [1.29, 1.82) is 0 Å². The molecule has 0 aliphatic carbocycles. The molecule has 2 atom stereocenters. The van der Waals surface area contributed by atoms with Crippen LogP contribution < -0.4 is 11.1 Å². The van der Waals surface area contributed by atoms with Gasteiger partial charge in [-0.1, -0.05) is 37.3 Å². The van der Waals surface area contributed by atoms with E-state index in [1.807, 2.05) is 30.3 Å². The molecule has 0 saturated carbocycles. The maximum atomic E-state index is 11.7. The topological polar surface area (TPSA) is 102 Å². The lowest BCUT2D eigenvalue weighted by molar-refractivity contribution is -0.149. The smallest absolute Gasteiger partial charge is 0.310 e. The van der Waals surface area contributed by atoms with Crippen molar-refractivity contribution in [3.8, 4) is 0 Å². The van der Waals surface area contributed by atoms with Crippen LogP contribution in [-0.2, 0) is 20.9 Å². The van der Waals surface area contributed by atoms with E-state index in [0.29, 0.717) is 6.54 Å². The maximum Gasteiger partial charge on any atom is 0.310 e. The standard InChI is InChI=1S/C14H20N2O4/c1-10(7-16-8-12(17)13(15)18)14(19)20-9-11-5-3-2-4-6-11/h2-6,10,12,16-17H,7-9H2,1H3,(H2,15,18). The highest BCUT2D eigenvalue weighted by Crippen LogP contribution is 2.04. The first-order valence-electron chi connectivity index (χ1n) is 6.39. The van der Waals surface area contributed by atoms with E-state index < -0.39 is 12.0 Å². The Kier molecular flexibility index (Phi) is 6.69. The number of aliphatic hydroxyl groups excluding tert-OH is 1. The average Bonchev–Trinajstić information content (AvgIpc) is 2.45. The second-order valence-corrected chi connectivity index (χ2v) is 4.57. The molecule has 0 heterocycles. The van der Waals surface area contributed by atoms with Crippen LogP contribution in [0.15, 0.2) is 30.3 Å². The van der Waals surface area contributed by atoms with Crippen molar-refractivity contribution in [3.63, 3.8) is 0 Å². The van der Waals surface area contributed by atoms with Gasteiger partial charge in [0.1, 0.15) is 12.7 Å². The van der Waals surface area contributed by atoms with Gasteiger partial charge in [0.15, 0.2) is 0 Å². The summed E-state index contributed by atoms with van der Waals surface area (Å²) in [5.41, 5.74) is 5.83. The van der Waals surface area contributed by atoms with Crippen molar-refractivity contribution in [2.45, 2.75) is 19.6 Å². The molecule has 2 unspecified atom stereocenters. The van der Waals surface area contributed by atoms with Crippen LogP contribution in [-0.4, -0.2) is 36.2 Å². The van der Waals surface area contributed by atoms with E-state index in [0.717, 1.165) is 5.56 Å². The summed E-state index contributed by atoms with van der Waals surface area (Å²) in [6, 6.07) is 9.39. The van der Waals surface area contributed by atoms with Gasteiger partial charge in [0.05, 0.1) is 5.92 Å². The molecule has 20 heavy (non-hydrogen) atoms. The SMILES string of the molecule is CC(CNCC(O)C(N)=O)C(=O)OCc1ccccc1. The maximum absolute atomic E-state index is 11.7. The van der Waals surface area contributed by atoms with E-state index in [4.69, 9.17) is 10.5 Å². The second kappa shape index (κ2) is 8.29. The van der Waals surface area contributed by atoms with Crippen LogP contribution in [0.25, 0.3) is 0 Å². The Bertz CT molecular complexity index is 436. The number of hydrogen-bond donors (Lipinski definition) is 3. The number of aliphatic hydroxyl groups is 1. The number of esters is 1. The van der Waals surface area contributed by atoms with Crippen LogP contribution >= 0.6 is 0 Å². The van der Waals surface area contributed by atoms with Crippen LogP contribution in [0.1, 0.15) is 12.5 Å². The van der Waals surface area contributed by atoms with E-state index in [1.54, 1.807) is 6.92 Å². The van der Waals surface area contributed by atoms with Gasteiger partial charge in [0.25, 0.3) is 0 Å². The summed E-state index contributed by atoms with van der Waals surface area (Å²) in [5.74, 6) is -1.51. The number of carbonyl (C=O) groups excluding carboxylic acids is 2. The van der Waals surface area contributed by atoms with Crippen molar-refractivity contribution >= 4 is 11.9 Å². The van der Waals surface area contributed by atoms with Gasteiger partial charge in [-0.2, -0.15) is 0 Å². The van der Waals surface area contributed by atoms with Crippen molar-refractivity contribution in [2.24, 2.45) is 11.7 Å². The zero-order valence-corrected chi connectivity index (χ0v) is 11.4. The summed E-state index contributed by atoms with van der Waals surface area (Å²) in [4.78, 5) is 22.3. The number of carbonyl (C=O) groups is 2. The van der Waals surface area contributed by atoms with Crippen LogP contribution in [0.3, 0.4) is 0 Å². The summed E-state index contributed by atoms with van der Waals surface area (Å²) >= 11 is 0. The minimum absolute atomic E-state index is 0.0195. The highest BCUT2D eigenvalue weighted by Gasteiger charge is 2.16. The summed E-state index contributed by atoms with van der Waals surface area (Å²) < 4.78 is 5.16. The molecule has 0 fully saturated rings. The van der Waals surface area contributed by atoms with Crippen molar-refractivity contribution in [1.82, 2.24) is 5.32 Å². The van der Waals surface area contributed by atoms with Crippen LogP contribution in [0.5, 0.6) is 0 Å². The molecule has 0 radical (unpaired) electrons. The number of benzene rings is 1. The molecule has 1 aromatic rings. The Balaban J connectivity index is 2.24. The molecule has 6 nitrogen and oxygen atoms in total. The fraction of sp³-hybridized carbons (Fsp3) is 0.429. The van der Waals surface area contributed by atoms with Crippen molar-refractivity contribution in [3.05, 3.63) is 35.9 Å². The van der Waals surface area contributed by atoms with Gasteiger partial charge in [-0.15, -0.1) is 0 Å². The van der Waals surface area contributed by atoms with Gasteiger partial charge in [0.2, 0.25) is 5.91 Å². The lowest BCUT2D eigenvalue weighted by Gasteiger charge is -2.13. The average molecular weight is 280 g/mol. The number of primary amides is 1. The molecule has 0 saturated heterocycles. The van der Waals surface area contributed by atoms with E-state index in [-0.39, 0.29) is 25.0 Å². The third-order valence-corrected chi connectivity index (χ3v) is 2.74. The van der Waals surface area contributed by atoms with Crippen LogP contribution in [0, 0.1) is 5.92 Å². The molecule has 0 bridgehead atoms. The number of hydrogen-bond acceptors (Lipinski definition) is 5. The van der Waals surface area contributed by atoms with Crippen molar-refractivity contribution < 1.29 is 19.4 Å². The van der Waals surface area contributed by atoms with Gasteiger partial charge < -0.3 is 20.9 Å². The first-order valence-corrected chi connectivity index (χ1v) is 6.39. The summed E-state index contributed by atoms with van der Waals surface area (Å²) in [5, 5.41) is 12.0. The first kappa shape index (κ1) is 16.1. The minimum Gasteiger partial charge on any atom is -0.461 e. The molecule has 110 valence electrons. The second-order valence-electron chi connectivity index (χ2n) is 4.57. The number of ether oxygens (including phenoxy) is 1. The molecule has 1 aromatic carbocycles. The number of rotatable bonds is 8. The molecular weight excluding hydrogens is 260 g/mol. The lowest BCUT2D eigenvalue weighted by Crippen LogP contribution is -2.40. The van der Waals surface area contributed by atoms with E-state index in [2.05, 4.69) is 5.32 Å². The normalized spacial score (nSPS) is 13.5. The fourth-order valence-electron chi connectivity index (χ4n) is 1.49. The Morgan fingerprint density at radius 2 is 1.95 bits per heavy atom. The number of nitrogens with one attached hydrogen (secondary N) is 1. The molecule has 1 amide bonds. The zero-order chi connectivity index (χ0) is 15.0. The third-order valence-electron chi connectivity index (χ3n) is 2.74. The number of nitrogens with two attached hydrogens (primary N) is 1. The van der Waals surface area contributed by atoms with Crippen LogP contribution in [0.2, 0.25) is 0 Å². The van der Waals surface area contributed by atoms with Gasteiger partial charge in [-0.05, 0) is 5.56 Å². The van der Waals surface area contributed by atoms with Gasteiger partial charge in [-0.3, -0.25) is 9.59 Å². The Hall–Kier alpha value is -1.92. The Morgan fingerprint density at radius 3 is 2.55 bits per heavy atom. The molecule has 0 spiro atoms. The lowest BCUT2D eigenvalue weighted by atomic mass is 10.2. The molecule has 0 aromatic heterocycles. The van der Waals surface area contributed by atoms with E-state index in [1.165, 1.54) is 0 Å². The monoisotopic (exact) mass is 280 g/mol. The highest BCUT2D eigenvalue weighted by molar-refractivity contribution is 5.78. The number of amides is 1. The predicted octanol–water partition coefficient (Wildman–Crippen LogP) is -0.198. The minimum atomic E-state index is -1.25. The van der Waals surface area contributed by atoms with Gasteiger partial charge >= 0.3 is 5.97 Å². The summed E-state index contributed by atoms with van der Waals surface area (Å²) in [6.07, 6.45) is -1.25. The predicted molar refractivity (Wildman–Crippen MR) is 73.5 cm³/mol. The van der Waals surface area contributed by atoms with E-state index >= 15 is 0 Å². The van der Waals surface area contributed by atoms with E-state index in [9.17, 15) is 14.7 Å². The quantitative estimate of drug-likeness (QED) is 0.572. The van der Waals surface area contributed by atoms with Crippen molar-refractivity contribution in [2.75, 3.05) is 13.1 Å². The first-order chi connectivity index (χ1) is 9.50. The Morgan fingerprint density at radius 1 is 1.30 bits per heavy atom. The molecule has 0 aliphatic rings. The van der Waals surface area contributed by atoms with Gasteiger partial charge in [0, 0.05) is 13.1 Å². The molecular formula is C14H20N2O4. The van der Waals surface area contributed by atoms with Gasteiger partial charge in [-0.25, -0.2) is 0 Å². The third kappa shape index (κ3) is 5.81. The molecule has 0 aliphatic heterocycles. The molecule has 1 rings (SSSR count). The highest BCUT2D eigenvalue weighted by atomic mass is 16.5. The largest absolute Gasteiger partial charge is 0.461 e. The summed E-state index contributed by atoms with van der Waals surface area (Å²) in [7, 11) is 0. The van der Waals surface area contributed by atoms with Crippen LogP contribution in [0.4, 0.5) is 0 Å². The molecule has 6 heteroatoms. The molecule has 4 N–H and O–H groups in total. The summed E-state index contributed by atoms with van der Waals surface area (Å²) in [6.45, 7) is 2.26. The Labute approximate surface area is 117 Å².